The number of nitrogens with one attached hydrogen (secondary N) is 1. The molecule has 0 fully saturated rings. The molecule has 1 unspecified atom stereocenters. The van der Waals surface area contributed by atoms with E-state index in [1.54, 1.807) is 11.3 Å². The maximum Gasteiger partial charge on any atom is 0.149 e. The van der Waals surface area contributed by atoms with Gasteiger partial charge in [-0.05, 0) is 41.9 Å². The summed E-state index contributed by atoms with van der Waals surface area (Å²) in [5.74, 6) is 0.152. The first-order valence-corrected chi connectivity index (χ1v) is 9.17. The van der Waals surface area contributed by atoms with Crippen molar-refractivity contribution in [3.63, 3.8) is 0 Å². The topological polar surface area (TPSA) is 46.2 Å². The fraction of sp³-hybridized carbons (Fsp3) is 0.636. The van der Waals surface area contributed by atoms with E-state index in [4.69, 9.17) is 0 Å². The van der Waals surface area contributed by atoms with Crippen molar-refractivity contribution in [1.29, 1.82) is 0 Å². The van der Waals surface area contributed by atoms with Gasteiger partial charge in [0.15, 0.2) is 0 Å². The first-order valence-electron chi connectivity index (χ1n) is 5.50. The normalized spacial score (nSPS) is 13.9. The van der Waals surface area contributed by atoms with Crippen LogP contribution in [0.1, 0.15) is 29.1 Å². The van der Waals surface area contributed by atoms with Gasteiger partial charge in [0.2, 0.25) is 0 Å². The minimum atomic E-state index is -2.98. The minimum absolute atomic E-state index is 0.0973. The number of halogens is 1. The van der Waals surface area contributed by atoms with Gasteiger partial charge in [0.1, 0.15) is 9.84 Å². The molecule has 0 aliphatic carbocycles. The molecule has 1 atom stereocenters. The van der Waals surface area contributed by atoms with Crippen molar-refractivity contribution < 1.29 is 8.42 Å². The van der Waals surface area contributed by atoms with Crippen LogP contribution in [0.2, 0.25) is 0 Å². The van der Waals surface area contributed by atoms with Crippen LogP contribution >= 0.6 is 27.3 Å². The molecule has 1 aromatic heterocycles. The summed E-state index contributed by atoms with van der Waals surface area (Å²) in [4.78, 5) is 2.25. The van der Waals surface area contributed by atoms with Crippen LogP contribution in [0.15, 0.2) is 10.5 Å². The van der Waals surface area contributed by atoms with Crippen LogP contribution in [0, 0.1) is 6.92 Å². The summed E-state index contributed by atoms with van der Waals surface area (Å²) in [6.45, 7) is 4.92. The second-order valence-corrected chi connectivity index (χ2v) is 8.48. The van der Waals surface area contributed by atoms with E-state index in [2.05, 4.69) is 28.2 Å². The first-order chi connectivity index (χ1) is 7.83. The highest BCUT2D eigenvalue weighted by atomic mass is 79.9. The molecule has 0 aliphatic heterocycles. The molecule has 1 aromatic rings. The van der Waals surface area contributed by atoms with Crippen LogP contribution in [0.5, 0.6) is 0 Å². The molecule has 0 radical (unpaired) electrons. The lowest BCUT2D eigenvalue weighted by Gasteiger charge is -2.15. The summed E-state index contributed by atoms with van der Waals surface area (Å²) in [7, 11) is -2.98. The van der Waals surface area contributed by atoms with Gasteiger partial charge < -0.3 is 5.32 Å². The predicted molar refractivity (Wildman–Crippen MR) is 77.5 cm³/mol. The summed E-state index contributed by atoms with van der Waals surface area (Å²) in [6, 6.07) is 1.92. The minimum Gasteiger partial charge on any atom is -0.308 e. The molecule has 98 valence electrons. The van der Waals surface area contributed by atoms with Gasteiger partial charge in [-0.25, -0.2) is 8.42 Å². The van der Waals surface area contributed by atoms with E-state index in [0.717, 1.165) is 22.3 Å². The van der Waals surface area contributed by atoms with Crippen molar-refractivity contribution >= 4 is 37.1 Å². The Labute approximate surface area is 116 Å². The third-order valence-electron chi connectivity index (χ3n) is 2.33. The third-order valence-corrected chi connectivity index (χ3v) is 5.52. The van der Waals surface area contributed by atoms with E-state index in [0.29, 0.717) is 0 Å². The van der Waals surface area contributed by atoms with Crippen molar-refractivity contribution in [3.05, 3.63) is 20.3 Å². The Kier molecular flexibility index (Phi) is 5.63. The fourth-order valence-electron chi connectivity index (χ4n) is 1.52. The Morgan fingerprint density at radius 1 is 1.53 bits per heavy atom. The van der Waals surface area contributed by atoms with E-state index < -0.39 is 9.84 Å². The lowest BCUT2D eigenvalue weighted by molar-refractivity contribution is 0.554. The highest BCUT2D eigenvalue weighted by Crippen LogP contribution is 2.31. The molecule has 0 saturated carbocycles. The van der Waals surface area contributed by atoms with Crippen molar-refractivity contribution in [3.8, 4) is 0 Å². The van der Waals surface area contributed by atoms with Gasteiger partial charge in [-0.3, -0.25) is 0 Å². The maximum atomic E-state index is 11.4. The highest BCUT2D eigenvalue weighted by molar-refractivity contribution is 9.10. The molecule has 1 rings (SSSR count). The summed E-state index contributed by atoms with van der Waals surface area (Å²) in [5, 5.41) is 3.29. The number of aryl methyl sites for hydroxylation is 1. The van der Waals surface area contributed by atoms with Crippen LogP contribution in [0.3, 0.4) is 0 Å². The van der Waals surface area contributed by atoms with E-state index in [9.17, 15) is 8.42 Å². The second kappa shape index (κ2) is 6.31. The molecule has 0 bridgehead atoms. The SMILES string of the molecule is CCCNC(CS(C)(=O)=O)c1cc(Br)c(C)s1. The summed E-state index contributed by atoms with van der Waals surface area (Å²) in [5.41, 5.74) is 0. The Balaban J connectivity index is 2.89. The molecule has 0 aromatic carbocycles. The summed E-state index contributed by atoms with van der Waals surface area (Å²) < 4.78 is 23.9. The zero-order chi connectivity index (χ0) is 13.1. The van der Waals surface area contributed by atoms with E-state index in [1.165, 1.54) is 11.1 Å². The molecule has 0 saturated heterocycles. The van der Waals surface area contributed by atoms with Gasteiger partial charge in [0.25, 0.3) is 0 Å². The maximum absolute atomic E-state index is 11.4. The van der Waals surface area contributed by atoms with Gasteiger partial charge in [0, 0.05) is 20.5 Å². The second-order valence-electron chi connectivity index (χ2n) is 4.15. The van der Waals surface area contributed by atoms with Crippen molar-refractivity contribution in [2.45, 2.75) is 26.3 Å². The highest BCUT2D eigenvalue weighted by Gasteiger charge is 2.19. The zero-order valence-electron chi connectivity index (χ0n) is 10.3. The van der Waals surface area contributed by atoms with Gasteiger partial charge in [-0.1, -0.05) is 6.92 Å². The van der Waals surface area contributed by atoms with E-state index >= 15 is 0 Å². The monoisotopic (exact) mass is 339 g/mol. The molecule has 1 N–H and O–H groups in total. The van der Waals surface area contributed by atoms with Crippen LogP contribution in [-0.4, -0.2) is 27.0 Å². The molecule has 17 heavy (non-hydrogen) atoms. The zero-order valence-corrected chi connectivity index (χ0v) is 13.5. The number of sulfone groups is 1. The Hall–Kier alpha value is 0.0900. The smallest absolute Gasteiger partial charge is 0.149 e. The first kappa shape index (κ1) is 15.1. The number of hydrogen-bond donors (Lipinski definition) is 1. The van der Waals surface area contributed by atoms with Crippen LogP contribution in [0.4, 0.5) is 0 Å². The average Bonchev–Trinajstić information content (AvgIpc) is 2.52. The fourth-order valence-corrected chi connectivity index (χ4v) is 4.16. The van der Waals surface area contributed by atoms with Gasteiger partial charge in [0.05, 0.1) is 11.8 Å². The number of thiophene rings is 1. The molecule has 0 amide bonds. The third kappa shape index (κ3) is 5.07. The largest absolute Gasteiger partial charge is 0.308 e. The number of rotatable bonds is 6. The summed E-state index contributed by atoms with van der Waals surface area (Å²) in [6.07, 6.45) is 2.27. The Bertz CT molecular complexity index is 448. The Morgan fingerprint density at radius 2 is 2.18 bits per heavy atom. The van der Waals surface area contributed by atoms with Crippen LogP contribution in [-0.2, 0) is 9.84 Å². The van der Waals surface area contributed by atoms with Crippen LogP contribution in [0.25, 0.3) is 0 Å². The predicted octanol–water partition coefficient (Wildman–Crippen LogP) is 2.90. The Morgan fingerprint density at radius 3 is 2.59 bits per heavy atom. The standard InChI is InChI=1S/C11H18BrNO2S2/c1-4-5-13-10(7-17(3,14)15)11-6-9(12)8(2)16-11/h6,10,13H,4-5,7H2,1-3H3. The van der Waals surface area contributed by atoms with Crippen molar-refractivity contribution in [2.75, 3.05) is 18.6 Å². The molecular weight excluding hydrogens is 322 g/mol. The van der Waals surface area contributed by atoms with Gasteiger partial charge in [-0.2, -0.15) is 0 Å². The lowest BCUT2D eigenvalue weighted by Crippen LogP contribution is -2.27. The molecule has 0 spiro atoms. The summed E-state index contributed by atoms with van der Waals surface area (Å²) >= 11 is 5.11. The lowest BCUT2D eigenvalue weighted by atomic mass is 10.2. The van der Waals surface area contributed by atoms with E-state index in [1.807, 2.05) is 13.0 Å². The number of hydrogen-bond acceptors (Lipinski definition) is 4. The molecule has 0 aliphatic rings. The van der Waals surface area contributed by atoms with Crippen molar-refractivity contribution in [2.24, 2.45) is 0 Å². The molecule has 6 heteroatoms. The molecular formula is C11H18BrNO2S2. The van der Waals surface area contributed by atoms with Gasteiger partial charge >= 0.3 is 0 Å². The molecule has 1 heterocycles. The van der Waals surface area contributed by atoms with Crippen LogP contribution < -0.4 is 5.32 Å². The van der Waals surface area contributed by atoms with E-state index in [-0.39, 0.29) is 11.8 Å². The quantitative estimate of drug-likeness (QED) is 0.866. The molecule has 3 nitrogen and oxygen atoms in total. The average molecular weight is 340 g/mol. The van der Waals surface area contributed by atoms with Crippen molar-refractivity contribution in [1.82, 2.24) is 5.32 Å². The van der Waals surface area contributed by atoms with Gasteiger partial charge in [-0.15, -0.1) is 11.3 Å².